The van der Waals surface area contributed by atoms with Crippen molar-refractivity contribution in [1.82, 2.24) is 4.90 Å². The number of carboxylic acids is 3. The second kappa shape index (κ2) is 13.4. The molecule has 2 unspecified atom stereocenters. The summed E-state index contributed by atoms with van der Waals surface area (Å²) in [5.74, 6) is -4.13. The Balaban J connectivity index is 0.000000317. The lowest BCUT2D eigenvalue weighted by atomic mass is 9.96. The predicted octanol–water partition coefficient (Wildman–Crippen LogP) is 4.18. The first-order valence-electron chi connectivity index (χ1n) is 11.7. The van der Waals surface area contributed by atoms with Crippen LogP contribution >= 0.6 is 15.9 Å². The van der Waals surface area contributed by atoms with E-state index in [1.807, 2.05) is 6.07 Å². The first kappa shape index (κ1) is 30.1. The van der Waals surface area contributed by atoms with E-state index in [9.17, 15) is 14.4 Å². The van der Waals surface area contributed by atoms with Crippen molar-refractivity contribution in [3.05, 3.63) is 53.0 Å². The Hall–Kier alpha value is -3.15. The molecule has 4 N–H and O–H groups in total. The van der Waals surface area contributed by atoms with Crippen LogP contribution in [0.3, 0.4) is 0 Å². The summed E-state index contributed by atoms with van der Waals surface area (Å²) in [6.07, 6.45) is 0.549. The number of halogens is 1. The van der Waals surface area contributed by atoms with Crippen LogP contribution in [0.15, 0.2) is 53.0 Å². The van der Waals surface area contributed by atoms with Crippen LogP contribution in [0.1, 0.15) is 39.5 Å². The van der Waals surface area contributed by atoms with Crippen LogP contribution in [0.5, 0.6) is 5.75 Å². The molecule has 0 radical (unpaired) electrons. The van der Waals surface area contributed by atoms with Crippen molar-refractivity contribution in [1.29, 1.82) is 0 Å². The van der Waals surface area contributed by atoms with Gasteiger partial charge in [0.2, 0.25) is 0 Å². The number of aliphatic hydroxyl groups is 1. The molecular formula is C26H33BrN2O8. The van der Waals surface area contributed by atoms with E-state index in [0.717, 1.165) is 22.5 Å². The Morgan fingerprint density at radius 2 is 1.68 bits per heavy atom. The number of hydrogen-bond acceptors (Lipinski definition) is 7. The number of carbonyl (C=O) groups is 3. The highest BCUT2D eigenvalue weighted by Gasteiger charge is 2.40. The lowest BCUT2D eigenvalue weighted by Gasteiger charge is -2.39. The predicted molar refractivity (Wildman–Crippen MR) is 141 cm³/mol. The molecule has 1 saturated heterocycles. The highest BCUT2D eigenvalue weighted by molar-refractivity contribution is 9.10. The van der Waals surface area contributed by atoms with Gasteiger partial charge >= 0.3 is 17.9 Å². The minimum Gasteiger partial charge on any atom is -0.497 e. The van der Waals surface area contributed by atoms with Gasteiger partial charge in [-0.05, 0) is 63.1 Å². The van der Waals surface area contributed by atoms with Gasteiger partial charge in [0.05, 0.1) is 26.1 Å². The number of hydrogen-bond donors (Lipinski definition) is 4. The topological polar surface area (TPSA) is 148 Å². The molecule has 3 rings (SSSR count). The van der Waals surface area contributed by atoms with Crippen molar-refractivity contribution in [2.45, 2.75) is 57.3 Å². The van der Waals surface area contributed by atoms with Crippen LogP contribution < -0.4 is 9.64 Å². The fourth-order valence-electron chi connectivity index (χ4n) is 4.32. The zero-order valence-electron chi connectivity index (χ0n) is 21.0. The van der Waals surface area contributed by atoms with E-state index >= 15 is 0 Å². The molecule has 1 aliphatic heterocycles. The Kier molecular flexibility index (Phi) is 10.9. The summed E-state index contributed by atoms with van der Waals surface area (Å²) in [5, 5.41) is 33.8. The smallest absolute Gasteiger partial charge is 0.336 e. The van der Waals surface area contributed by atoms with E-state index in [2.05, 4.69) is 82.0 Å². The molecule has 1 aliphatic rings. The number of likely N-dealkylation sites (tertiary alicyclic amines) is 1. The monoisotopic (exact) mass is 580 g/mol. The molecule has 2 atom stereocenters. The Morgan fingerprint density at radius 3 is 2.14 bits per heavy atom. The quantitative estimate of drug-likeness (QED) is 0.322. The normalized spacial score (nSPS) is 16.3. The van der Waals surface area contributed by atoms with Crippen LogP contribution in [-0.4, -0.2) is 74.7 Å². The van der Waals surface area contributed by atoms with E-state index in [0.29, 0.717) is 6.04 Å². The molecule has 37 heavy (non-hydrogen) atoms. The van der Waals surface area contributed by atoms with Crippen LogP contribution in [0.4, 0.5) is 11.4 Å². The molecule has 202 valence electrons. The molecule has 0 amide bonds. The van der Waals surface area contributed by atoms with E-state index in [-0.39, 0.29) is 6.17 Å². The first-order chi connectivity index (χ1) is 17.4. The molecule has 1 heterocycles. The van der Waals surface area contributed by atoms with Gasteiger partial charge in [-0.2, -0.15) is 0 Å². The number of benzene rings is 2. The number of nitrogens with zero attached hydrogens (tertiary/aromatic N) is 2. The lowest BCUT2D eigenvalue weighted by molar-refractivity contribution is -0.170. The summed E-state index contributed by atoms with van der Waals surface area (Å²) in [6, 6.07) is 17.5. The average molecular weight is 581 g/mol. The van der Waals surface area contributed by atoms with E-state index in [1.54, 1.807) is 7.11 Å². The maximum atomic E-state index is 10.3. The molecule has 2 aromatic rings. The summed E-state index contributed by atoms with van der Waals surface area (Å²) in [4.78, 5) is 35.5. The van der Waals surface area contributed by atoms with Gasteiger partial charge in [-0.15, -0.1) is 0 Å². The Bertz CT molecular complexity index is 1060. The maximum absolute atomic E-state index is 10.3. The number of methoxy groups -OCH3 is 1. The summed E-state index contributed by atoms with van der Waals surface area (Å²) < 4.78 is 6.53. The second-order valence-electron chi connectivity index (χ2n) is 8.89. The summed E-state index contributed by atoms with van der Waals surface area (Å²) in [6.45, 7) is 5.78. The minimum absolute atomic E-state index is 0.288. The van der Waals surface area contributed by atoms with Gasteiger partial charge < -0.3 is 30.1 Å². The van der Waals surface area contributed by atoms with E-state index in [1.165, 1.54) is 18.5 Å². The standard InChI is InChI=1S/C20H25BrN2O.C6H8O7/c1-15-6-5-13-22(15)16(2)23(18-11-9-17(21)10-12-18)19-7-4-8-20(14-19)24-3;7-3(8)1-6(13,5(11)12)2-4(9)10/h4,7-12,14-16H,5-6,13H2,1-3H3;13H,1-2H2,(H,7,8)(H,9,10)(H,11,12). The molecule has 0 aliphatic carbocycles. The largest absolute Gasteiger partial charge is 0.497 e. The van der Waals surface area contributed by atoms with Gasteiger partial charge in [-0.25, -0.2) is 4.79 Å². The lowest BCUT2D eigenvalue weighted by Crippen LogP contribution is -2.46. The third kappa shape index (κ3) is 8.44. The number of aliphatic carboxylic acids is 3. The van der Waals surface area contributed by atoms with Crippen molar-refractivity contribution in [3.63, 3.8) is 0 Å². The fourth-order valence-corrected chi connectivity index (χ4v) is 4.58. The van der Waals surface area contributed by atoms with Gasteiger partial charge in [-0.1, -0.05) is 22.0 Å². The maximum Gasteiger partial charge on any atom is 0.336 e. The van der Waals surface area contributed by atoms with Crippen molar-refractivity contribution in [2.75, 3.05) is 18.6 Å². The van der Waals surface area contributed by atoms with Crippen molar-refractivity contribution < 1.29 is 39.5 Å². The number of rotatable bonds is 10. The van der Waals surface area contributed by atoms with Gasteiger partial charge in [0.1, 0.15) is 5.75 Å². The van der Waals surface area contributed by atoms with Gasteiger partial charge in [0, 0.05) is 34.5 Å². The van der Waals surface area contributed by atoms with E-state index < -0.39 is 36.4 Å². The molecule has 0 saturated carbocycles. The zero-order chi connectivity index (χ0) is 27.8. The van der Waals surface area contributed by atoms with Crippen molar-refractivity contribution >= 4 is 45.2 Å². The highest BCUT2D eigenvalue weighted by Crippen LogP contribution is 2.34. The summed E-state index contributed by atoms with van der Waals surface area (Å²) in [5.41, 5.74) is -0.390. The molecule has 0 bridgehead atoms. The Labute approximate surface area is 224 Å². The first-order valence-corrected chi connectivity index (χ1v) is 12.5. The number of carboxylic acid groups (broad SMARTS) is 3. The van der Waals surface area contributed by atoms with E-state index in [4.69, 9.17) is 25.2 Å². The van der Waals surface area contributed by atoms with Gasteiger partial charge in [0.15, 0.2) is 5.60 Å². The van der Waals surface area contributed by atoms with Crippen LogP contribution in [0.2, 0.25) is 0 Å². The SMILES string of the molecule is COc1cccc(N(c2ccc(Br)cc2)C(C)N2CCCC2C)c1.O=C(O)CC(O)(CC(=O)O)C(=O)O. The van der Waals surface area contributed by atoms with Crippen molar-refractivity contribution in [2.24, 2.45) is 0 Å². The molecule has 11 heteroatoms. The van der Waals surface area contributed by atoms with Crippen LogP contribution in [0.25, 0.3) is 0 Å². The average Bonchev–Trinajstić information content (AvgIpc) is 3.25. The molecule has 2 aromatic carbocycles. The number of anilines is 2. The third-order valence-corrected chi connectivity index (χ3v) is 6.71. The number of ether oxygens (including phenoxy) is 1. The molecule has 1 fully saturated rings. The zero-order valence-corrected chi connectivity index (χ0v) is 22.6. The third-order valence-electron chi connectivity index (χ3n) is 6.18. The second-order valence-corrected chi connectivity index (χ2v) is 9.80. The van der Waals surface area contributed by atoms with Gasteiger partial charge in [0.25, 0.3) is 0 Å². The van der Waals surface area contributed by atoms with Crippen molar-refractivity contribution in [3.8, 4) is 5.75 Å². The molecule has 0 spiro atoms. The molecule has 0 aromatic heterocycles. The fraction of sp³-hybridized carbons (Fsp3) is 0.423. The molecular weight excluding hydrogens is 548 g/mol. The van der Waals surface area contributed by atoms with Gasteiger partial charge in [-0.3, -0.25) is 14.5 Å². The summed E-state index contributed by atoms with van der Waals surface area (Å²) in [7, 11) is 1.72. The van der Waals surface area contributed by atoms with Crippen LogP contribution in [-0.2, 0) is 14.4 Å². The Morgan fingerprint density at radius 1 is 1.08 bits per heavy atom. The minimum atomic E-state index is -2.74. The summed E-state index contributed by atoms with van der Waals surface area (Å²) >= 11 is 3.54. The van der Waals surface area contributed by atoms with Crippen LogP contribution in [0, 0.1) is 0 Å². The highest BCUT2D eigenvalue weighted by atomic mass is 79.9. The molecule has 10 nitrogen and oxygen atoms in total.